The van der Waals surface area contributed by atoms with Crippen molar-refractivity contribution in [3.63, 3.8) is 0 Å². The lowest BCUT2D eigenvalue weighted by molar-refractivity contribution is -0.118. The van der Waals surface area contributed by atoms with Crippen LogP contribution in [0.15, 0.2) is 22.6 Å². The number of halogens is 4. The van der Waals surface area contributed by atoms with Gasteiger partial charge in [-0.05, 0) is 12.1 Å². The summed E-state index contributed by atoms with van der Waals surface area (Å²) in [4.78, 5) is 16.0. The van der Waals surface area contributed by atoms with Crippen molar-refractivity contribution in [3.05, 3.63) is 24.1 Å². The number of alkyl halides is 2. The number of aryl methyl sites for hydroxylation is 1. The molecule has 2 heterocycles. The fraction of sp³-hybridized carbons (Fsp3) is 0.385. The lowest BCUT2D eigenvalue weighted by Crippen LogP contribution is -2.35. The number of fused-ring (bicyclic) bond motifs is 1. The van der Waals surface area contributed by atoms with Crippen molar-refractivity contribution in [3.8, 4) is 0 Å². The van der Waals surface area contributed by atoms with E-state index in [4.69, 9.17) is 4.42 Å². The maximum absolute atomic E-state index is 13.0. The van der Waals surface area contributed by atoms with Gasteiger partial charge in [0.25, 0.3) is 5.92 Å². The lowest BCUT2D eigenvalue weighted by atomic mass is 10.2. The Hall–Kier alpha value is -1.44. The molecular formula is C13H15Cl2F2N3O2. The van der Waals surface area contributed by atoms with Crippen LogP contribution >= 0.6 is 24.8 Å². The molecule has 9 heteroatoms. The molecule has 2 aromatic rings. The lowest BCUT2D eigenvalue weighted by Gasteiger charge is -2.11. The topological polar surface area (TPSA) is 67.2 Å². The van der Waals surface area contributed by atoms with Crippen LogP contribution in [0.1, 0.15) is 12.3 Å². The van der Waals surface area contributed by atoms with Gasteiger partial charge in [0.05, 0.1) is 12.6 Å². The molecule has 5 nitrogen and oxygen atoms in total. The van der Waals surface area contributed by atoms with Crippen molar-refractivity contribution < 1.29 is 18.0 Å². The Bertz CT molecular complexity index is 678. The molecule has 0 spiro atoms. The first-order valence-electron chi connectivity index (χ1n) is 6.22. The van der Waals surface area contributed by atoms with E-state index in [1.165, 1.54) is 0 Å². The average molecular weight is 354 g/mol. The Balaban J connectivity index is 0.00000121. The highest BCUT2D eigenvalue weighted by atomic mass is 35.5. The van der Waals surface area contributed by atoms with Crippen molar-refractivity contribution in [2.75, 3.05) is 11.9 Å². The van der Waals surface area contributed by atoms with Crippen molar-refractivity contribution in [2.24, 2.45) is 0 Å². The Labute approximate surface area is 137 Å². The zero-order valence-electron chi connectivity index (χ0n) is 11.6. The Kier molecular flexibility index (Phi) is 5.72. The first kappa shape index (κ1) is 18.6. The molecule has 3 rings (SSSR count). The number of hydrogen-bond acceptors (Lipinski definition) is 4. The maximum atomic E-state index is 13.0. The SMILES string of the molecule is Cc1nc2ccc(NC(=O)C3CC(F)(F)CN3)cc2o1.Cl.Cl. The monoisotopic (exact) mass is 353 g/mol. The van der Waals surface area contributed by atoms with Crippen LogP contribution in [0, 0.1) is 6.92 Å². The Morgan fingerprint density at radius 1 is 1.45 bits per heavy atom. The van der Waals surface area contributed by atoms with Crippen molar-refractivity contribution in [1.82, 2.24) is 10.3 Å². The zero-order valence-corrected chi connectivity index (χ0v) is 13.2. The number of aromatic nitrogens is 1. The number of rotatable bonds is 2. The van der Waals surface area contributed by atoms with Gasteiger partial charge in [-0.15, -0.1) is 24.8 Å². The number of nitrogens with zero attached hydrogens (tertiary/aromatic N) is 1. The third-order valence-corrected chi connectivity index (χ3v) is 3.19. The molecular weight excluding hydrogens is 339 g/mol. The highest BCUT2D eigenvalue weighted by Crippen LogP contribution is 2.26. The summed E-state index contributed by atoms with van der Waals surface area (Å²) in [6.45, 7) is 1.26. The van der Waals surface area contributed by atoms with Crippen LogP contribution in [-0.4, -0.2) is 29.4 Å². The van der Waals surface area contributed by atoms with E-state index in [2.05, 4.69) is 15.6 Å². The second-order valence-electron chi connectivity index (χ2n) is 4.90. The Morgan fingerprint density at radius 3 is 2.82 bits per heavy atom. The summed E-state index contributed by atoms with van der Waals surface area (Å²) in [7, 11) is 0. The number of carbonyl (C=O) groups excluding carboxylic acids is 1. The standard InChI is InChI=1S/C13H13F2N3O2.2ClH/c1-7-17-9-3-2-8(4-11(9)20-7)18-12(19)10-5-13(14,15)6-16-10;;/h2-4,10,16H,5-6H2,1H3,(H,18,19);2*1H. The van der Waals surface area contributed by atoms with E-state index in [1.54, 1.807) is 25.1 Å². The molecule has 0 aliphatic carbocycles. The number of anilines is 1. The van der Waals surface area contributed by atoms with Crippen LogP contribution in [-0.2, 0) is 4.79 Å². The minimum absolute atomic E-state index is 0. The van der Waals surface area contributed by atoms with E-state index in [1.807, 2.05) is 0 Å². The fourth-order valence-corrected chi connectivity index (χ4v) is 2.25. The number of oxazole rings is 1. The fourth-order valence-electron chi connectivity index (χ4n) is 2.25. The first-order valence-corrected chi connectivity index (χ1v) is 6.22. The van der Waals surface area contributed by atoms with E-state index in [9.17, 15) is 13.6 Å². The van der Waals surface area contributed by atoms with Gasteiger partial charge in [0.1, 0.15) is 5.52 Å². The van der Waals surface area contributed by atoms with Gasteiger partial charge >= 0.3 is 0 Å². The highest BCUT2D eigenvalue weighted by Gasteiger charge is 2.42. The molecule has 1 fully saturated rings. The van der Waals surface area contributed by atoms with Crippen molar-refractivity contribution >= 4 is 47.5 Å². The van der Waals surface area contributed by atoms with Crippen LogP contribution in [0.25, 0.3) is 11.1 Å². The van der Waals surface area contributed by atoms with Crippen molar-refractivity contribution in [2.45, 2.75) is 25.3 Å². The molecule has 1 atom stereocenters. The van der Waals surface area contributed by atoms with Crippen LogP contribution in [0.2, 0.25) is 0 Å². The highest BCUT2D eigenvalue weighted by molar-refractivity contribution is 5.96. The second-order valence-corrected chi connectivity index (χ2v) is 4.90. The predicted octanol–water partition coefficient (Wildman–Crippen LogP) is 2.92. The third-order valence-electron chi connectivity index (χ3n) is 3.19. The smallest absolute Gasteiger partial charge is 0.262 e. The van der Waals surface area contributed by atoms with Crippen LogP contribution < -0.4 is 10.6 Å². The molecule has 0 saturated carbocycles. The summed E-state index contributed by atoms with van der Waals surface area (Å²) in [6.07, 6.45) is -0.484. The second kappa shape index (κ2) is 6.76. The number of carbonyl (C=O) groups is 1. The molecule has 1 saturated heterocycles. The number of hydrogen-bond donors (Lipinski definition) is 2. The summed E-state index contributed by atoms with van der Waals surface area (Å²) in [5.74, 6) is -2.77. The summed E-state index contributed by atoms with van der Waals surface area (Å²) in [6, 6.07) is 4.12. The zero-order chi connectivity index (χ0) is 14.3. The number of nitrogens with one attached hydrogen (secondary N) is 2. The number of amides is 1. The molecule has 1 aliphatic rings. The van der Waals surface area contributed by atoms with E-state index in [0.717, 1.165) is 0 Å². The molecule has 1 aromatic carbocycles. The predicted molar refractivity (Wildman–Crippen MR) is 83.2 cm³/mol. The first-order chi connectivity index (χ1) is 9.43. The molecule has 22 heavy (non-hydrogen) atoms. The van der Waals surface area contributed by atoms with Gasteiger partial charge in [-0.3, -0.25) is 10.1 Å². The van der Waals surface area contributed by atoms with Crippen molar-refractivity contribution in [1.29, 1.82) is 0 Å². The minimum Gasteiger partial charge on any atom is -0.441 e. The van der Waals surface area contributed by atoms with Gasteiger partial charge < -0.3 is 9.73 Å². The molecule has 1 aliphatic heterocycles. The van der Waals surface area contributed by atoms with Crippen LogP contribution in [0.3, 0.4) is 0 Å². The molecule has 1 amide bonds. The molecule has 1 aromatic heterocycles. The van der Waals surface area contributed by atoms with E-state index >= 15 is 0 Å². The third kappa shape index (κ3) is 3.85. The summed E-state index contributed by atoms with van der Waals surface area (Å²) in [5.41, 5.74) is 1.73. The minimum atomic E-state index is -2.83. The van der Waals surface area contributed by atoms with Gasteiger partial charge in [-0.25, -0.2) is 13.8 Å². The van der Waals surface area contributed by atoms with Gasteiger partial charge in [-0.1, -0.05) is 0 Å². The largest absolute Gasteiger partial charge is 0.441 e. The van der Waals surface area contributed by atoms with Crippen LogP contribution in [0.4, 0.5) is 14.5 Å². The van der Waals surface area contributed by atoms with E-state index in [-0.39, 0.29) is 24.8 Å². The van der Waals surface area contributed by atoms with Gasteiger partial charge in [-0.2, -0.15) is 0 Å². The van der Waals surface area contributed by atoms with E-state index in [0.29, 0.717) is 22.7 Å². The molecule has 1 unspecified atom stereocenters. The quantitative estimate of drug-likeness (QED) is 0.870. The maximum Gasteiger partial charge on any atom is 0.262 e. The Morgan fingerprint density at radius 2 is 2.18 bits per heavy atom. The summed E-state index contributed by atoms with van der Waals surface area (Å²) in [5, 5.41) is 5.11. The van der Waals surface area contributed by atoms with Gasteiger partial charge in [0.2, 0.25) is 5.91 Å². The average Bonchev–Trinajstić information content (AvgIpc) is 2.90. The van der Waals surface area contributed by atoms with E-state index < -0.39 is 30.8 Å². The summed E-state index contributed by atoms with van der Waals surface area (Å²) < 4.78 is 31.4. The molecule has 0 bridgehead atoms. The normalized spacial score (nSPS) is 19.3. The van der Waals surface area contributed by atoms with Crippen LogP contribution in [0.5, 0.6) is 0 Å². The summed E-state index contributed by atoms with van der Waals surface area (Å²) >= 11 is 0. The molecule has 0 radical (unpaired) electrons. The van der Waals surface area contributed by atoms with Gasteiger partial charge in [0, 0.05) is 25.1 Å². The molecule has 2 N–H and O–H groups in total. The number of benzene rings is 1. The molecule has 122 valence electrons. The van der Waals surface area contributed by atoms with Gasteiger partial charge in [0.15, 0.2) is 11.5 Å².